The first kappa shape index (κ1) is 22.2. The largest absolute Gasteiger partial charge is 0.497 e. The Labute approximate surface area is 197 Å². The molecule has 1 N–H and O–H groups in total. The molecule has 9 heteroatoms. The lowest BCUT2D eigenvalue weighted by atomic mass is 9.83. The van der Waals surface area contributed by atoms with Crippen molar-refractivity contribution in [3.05, 3.63) is 64.1 Å². The van der Waals surface area contributed by atoms with Crippen molar-refractivity contribution in [3.63, 3.8) is 0 Å². The van der Waals surface area contributed by atoms with E-state index in [1.54, 1.807) is 24.1 Å². The molecule has 3 aliphatic rings. The van der Waals surface area contributed by atoms with Gasteiger partial charge in [0.15, 0.2) is 0 Å². The summed E-state index contributed by atoms with van der Waals surface area (Å²) in [4.78, 5) is 53.6. The molecule has 0 aliphatic carbocycles. The molecule has 2 aromatic rings. The van der Waals surface area contributed by atoms with Crippen LogP contribution in [0.2, 0.25) is 0 Å². The van der Waals surface area contributed by atoms with Gasteiger partial charge in [0.25, 0.3) is 11.5 Å². The molecule has 1 aromatic carbocycles. The predicted molar refractivity (Wildman–Crippen MR) is 123 cm³/mol. The lowest BCUT2D eigenvalue weighted by Crippen LogP contribution is -2.50. The average molecular weight is 465 g/mol. The first-order valence-corrected chi connectivity index (χ1v) is 11.6. The van der Waals surface area contributed by atoms with E-state index >= 15 is 0 Å². The van der Waals surface area contributed by atoms with Gasteiger partial charge in [0, 0.05) is 43.9 Å². The van der Waals surface area contributed by atoms with Crippen LogP contribution in [-0.2, 0) is 22.6 Å². The number of piperidine rings is 1. The minimum Gasteiger partial charge on any atom is -0.497 e. The van der Waals surface area contributed by atoms with Gasteiger partial charge >= 0.3 is 6.03 Å². The summed E-state index contributed by atoms with van der Waals surface area (Å²) < 4.78 is 6.97. The molecule has 0 saturated carbocycles. The van der Waals surface area contributed by atoms with Gasteiger partial charge in [0.05, 0.1) is 13.5 Å². The number of rotatable bonds is 6. The van der Waals surface area contributed by atoms with Crippen LogP contribution in [0.3, 0.4) is 0 Å². The highest BCUT2D eigenvalue weighted by atomic mass is 16.5. The van der Waals surface area contributed by atoms with Crippen molar-refractivity contribution >= 4 is 17.8 Å². The number of amides is 4. The van der Waals surface area contributed by atoms with Crippen LogP contribution >= 0.6 is 0 Å². The van der Waals surface area contributed by atoms with E-state index in [4.69, 9.17) is 4.74 Å². The number of aromatic nitrogens is 1. The number of ether oxygens (including phenoxy) is 1. The lowest BCUT2D eigenvalue weighted by molar-refractivity contribution is -0.137. The average Bonchev–Trinajstić information content (AvgIpc) is 3.10. The second kappa shape index (κ2) is 8.96. The number of carbonyl (C=O) groups is 3. The van der Waals surface area contributed by atoms with Crippen LogP contribution in [0.25, 0.3) is 0 Å². The van der Waals surface area contributed by atoms with Crippen LogP contribution in [-0.4, -0.2) is 65.0 Å². The third-order valence-electron chi connectivity index (χ3n) is 7.10. The number of likely N-dealkylation sites (tertiary alicyclic amines) is 1. The van der Waals surface area contributed by atoms with Crippen molar-refractivity contribution in [2.45, 2.75) is 37.8 Å². The normalized spacial score (nSPS) is 23.5. The van der Waals surface area contributed by atoms with Gasteiger partial charge < -0.3 is 19.5 Å². The van der Waals surface area contributed by atoms with Crippen LogP contribution in [0.5, 0.6) is 5.75 Å². The van der Waals surface area contributed by atoms with E-state index in [-0.39, 0.29) is 42.2 Å². The zero-order valence-corrected chi connectivity index (χ0v) is 19.1. The molecule has 0 spiro atoms. The molecule has 0 radical (unpaired) electrons. The number of nitrogens with one attached hydrogen (secondary N) is 1. The summed E-state index contributed by atoms with van der Waals surface area (Å²) in [6, 6.07) is 11.5. The topological polar surface area (TPSA) is 101 Å². The van der Waals surface area contributed by atoms with Gasteiger partial charge in [-0.25, -0.2) is 4.79 Å². The van der Waals surface area contributed by atoms with Gasteiger partial charge in [-0.2, -0.15) is 0 Å². The van der Waals surface area contributed by atoms with Crippen LogP contribution in [0.15, 0.2) is 47.3 Å². The van der Waals surface area contributed by atoms with Crippen molar-refractivity contribution in [1.82, 2.24) is 19.7 Å². The number of benzene rings is 1. The number of imide groups is 1. The number of pyridine rings is 1. The Hall–Kier alpha value is -3.62. The molecule has 34 heavy (non-hydrogen) atoms. The molecule has 2 saturated heterocycles. The standard InChI is InChI=1S/C25H28N4O5/c1-34-19-7-5-16(6-8-19)9-10-28-24(32)20(26-25(28)33)12-23(31)27-13-17-11-18(15-27)21-3-2-4-22(30)29(21)14-17/h2-8,17-18,20H,9-15H2,1H3,(H,26,33)/t17-,18+,20+/m1/s1. The minimum atomic E-state index is -0.840. The second-order valence-corrected chi connectivity index (χ2v) is 9.29. The highest BCUT2D eigenvalue weighted by Gasteiger charge is 2.41. The van der Waals surface area contributed by atoms with Crippen molar-refractivity contribution < 1.29 is 19.1 Å². The van der Waals surface area contributed by atoms with Gasteiger partial charge in [-0.15, -0.1) is 0 Å². The molecule has 4 amide bonds. The van der Waals surface area contributed by atoms with Crippen LogP contribution in [0.1, 0.15) is 30.0 Å². The van der Waals surface area contributed by atoms with E-state index in [9.17, 15) is 19.2 Å². The molecule has 178 valence electrons. The minimum absolute atomic E-state index is 0.000901. The summed E-state index contributed by atoms with van der Waals surface area (Å²) in [6.07, 6.45) is 1.42. The molecule has 2 bridgehead atoms. The third-order valence-corrected chi connectivity index (χ3v) is 7.10. The summed E-state index contributed by atoms with van der Waals surface area (Å²) in [7, 11) is 1.60. The number of methoxy groups -OCH3 is 1. The van der Waals surface area contributed by atoms with Gasteiger partial charge in [-0.1, -0.05) is 18.2 Å². The van der Waals surface area contributed by atoms with E-state index in [1.165, 1.54) is 4.90 Å². The summed E-state index contributed by atoms with van der Waals surface area (Å²) >= 11 is 0. The first-order chi connectivity index (χ1) is 16.4. The summed E-state index contributed by atoms with van der Waals surface area (Å²) in [5, 5.41) is 2.68. The highest BCUT2D eigenvalue weighted by molar-refractivity contribution is 6.05. The van der Waals surface area contributed by atoms with E-state index in [0.717, 1.165) is 23.4 Å². The van der Waals surface area contributed by atoms with Crippen molar-refractivity contribution in [2.75, 3.05) is 26.7 Å². The van der Waals surface area contributed by atoms with Crippen molar-refractivity contribution in [3.8, 4) is 5.75 Å². The number of nitrogens with zero attached hydrogens (tertiary/aromatic N) is 3. The Morgan fingerprint density at radius 2 is 1.85 bits per heavy atom. The summed E-state index contributed by atoms with van der Waals surface area (Å²) in [5.41, 5.74) is 1.96. The van der Waals surface area contributed by atoms with Gasteiger partial charge in [0.1, 0.15) is 11.8 Å². The molecule has 2 fully saturated rings. The molecule has 9 nitrogen and oxygen atoms in total. The Morgan fingerprint density at radius 3 is 2.62 bits per heavy atom. The molecular weight excluding hydrogens is 436 g/mol. The monoisotopic (exact) mass is 464 g/mol. The van der Waals surface area contributed by atoms with Crippen LogP contribution < -0.4 is 15.6 Å². The fourth-order valence-electron chi connectivity index (χ4n) is 5.36. The molecule has 0 unspecified atom stereocenters. The molecule has 4 heterocycles. The fraction of sp³-hybridized carbons (Fsp3) is 0.440. The SMILES string of the molecule is COc1ccc(CCN2C(=O)N[C@@H](CC(=O)N3C[C@H]4C[C@@H](C3)c3cccc(=O)n3C4)C2=O)cc1. The molecular formula is C25H28N4O5. The Bertz CT molecular complexity index is 1170. The maximum atomic E-state index is 13.1. The van der Waals surface area contributed by atoms with Crippen LogP contribution in [0.4, 0.5) is 4.79 Å². The lowest BCUT2D eigenvalue weighted by Gasteiger charge is -2.43. The number of fused-ring (bicyclic) bond motifs is 4. The fourth-order valence-corrected chi connectivity index (χ4v) is 5.36. The first-order valence-electron chi connectivity index (χ1n) is 11.6. The summed E-state index contributed by atoms with van der Waals surface area (Å²) in [6.45, 7) is 1.94. The number of carbonyl (C=O) groups excluding carboxylic acids is 3. The van der Waals surface area contributed by atoms with Crippen LogP contribution in [0, 0.1) is 5.92 Å². The van der Waals surface area contributed by atoms with E-state index < -0.39 is 12.1 Å². The molecule has 5 rings (SSSR count). The Kier molecular flexibility index (Phi) is 5.85. The quantitative estimate of drug-likeness (QED) is 0.651. The van der Waals surface area contributed by atoms with Gasteiger partial charge in [0.2, 0.25) is 5.91 Å². The molecule has 3 aliphatic heterocycles. The maximum Gasteiger partial charge on any atom is 0.324 e. The van der Waals surface area contributed by atoms with E-state index in [0.29, 0.717) is 26.1 Å². The smallest absolute Gasteiger partial charge is 0.324 e. The zero-order valence-electron chi connectivity index (χ0n) is 19.1. The third kappa shape index (κ3) is 4.18. The zero-order chi connectivity index (χ0) is 23.8. The summed E-state index contributed by atoms with van der Waals surface area (Å²) in [5.74, 6) is 0.568. The van der Waals surface area contributed by atoms with Gasteiger partial charge in [-0.3, -0.25) is 19.3 Å². The van der Waals surface area contributed by atoms with Gasteiger partial charge in [-0.05, 0) is 42.5 Å². The molecule has 3 atom stereocenters. The van der Waals surface area contributed by atoms with E-state index in [1.807, 2.05) is 34.9 Å². The molecule has 1 aromatic heterocycles. The second-order valence-electron chi connectivity index (χ2n) is 9.29. The maximum absolute atomic E-state index is 13.1. The van der Waals surface area contributed by atoms with Crippen molar-refractivity contribution in [2.24, 2.45) is 5.92 Å². The van der Waals surface area contributed by atoms with E-state index in [2.05, 4.69) is 5.32 Å². The number of urea groups is 1. The predicted octanol–water partition coefficient (Wildman–Crippen LogP) is 1.36. The number of hydrogen-bond donors (Lipinski definition) is 1. The Morgan fingerprint density at radius 1 is 1.06 bits per heavy atom. The van der Waals surface area contributed by atoms with Crippen molar-refractivity contribution in [1.29, 1.82) is 0 Å². The number of hydrogen-bond acceptors (Lipinski definition) is 5. The Balaban J connectivity index is 1.19. The highest BCUT2D eigenvalue weighted by Crippen LogP contribution is 2.35.